The van der Waals surface area contributed by atoms with Gasteiger partial charge in [0.05, 0.1) is 21.8 Å². The second kappa shape index (κ2) is 5.88. The molecule has 3 aromatic rings. The van der Waals surface area contributed by atoms with Crippen LogP contribution in [0.3, 0.4) is 0 Å². The van der Waals surface area contributed by atoms with Crippen molar-refractivity contribution in [2.75, 3.05) is 5.32 Å². The van der Waals surface area contributed by atoms with Crippen LogP contribution in [0.15, 0.2) is 29.1 Å². The molecular weight excluding hydrogens is 328 g/mol. The summed E-state index contributed by atoms with van der Waals surface area (Å²) in [5.41, 5.74) is 0.993. The minimum Gasteiger partial charge on any atom is -0.296 e. The van der Waals surface area contributed by atoms with Gasteiger partial charge in [0.1, 0.15) is 5.82 Å². The molecule has 0 unspecified atom stereocenters. The third-order valence-electron chi connectivity index (χ3n) is 2.58. The third-order valence-corrected chi connectivity index (χ3v) is 4.50. The van der Waals surface area contributed by atoms with E-state index in [4.69, 9.17) is 11.6 Å². The van der Waals surface area contributed by atoms with E-state index in [1.807, 2.05) is 22.9 Å². The molecule has 3 heterocycles. The fourth-order valence-corrected chi connectivity index (χ4v) is 3.28. The van der Waals surface area contributed by atoms with Gasteiger partial charge in [0.2, 0.25) is 0 Å². The van der Waals surface area contributed by atoms with Gasteiger partial charge in [-0.15, -0.1) is 22.7 Å². The molecule has 0 aliphatic carbocycles. The van der Waals surface area contributed by atoms with Crippen LogP contribution in [0.2, 0.25) is 5.02 Å². The Morgan fingerprint density at radius 1 is 1.33 bits per heavy atom. The summed E-state index contributed by atoms with van der Waals surface area (Å²) in [5, 5.41) is 7.31. The number of amides is 1. The van der Waals surface area contributed by atoms with Crippen LogP contribution < -0.4 is 5.32 Å². The van der Waals surface area contributed by atoms with Crippen LogP contribution >= 0.6 is 34.3 Å². The van der Waals surface area contributed by atoms with Crippen molar-refractivity contribution in [3.8, 4) is 10.6 Å². The van der Waals surface area contributed by atoms with Crippen molar-refractivity contribution in [3.05, 3.63) is 45.6 Å². The van der Waals surface area contributed by atoms with E-state index in [9.17, 15) is 4.79 Å². The lowest BCUT2D eigenvalue weighted by Crippen LogP contribution is -2.15. The van der Waals surface area contributed by atoms with Gasteiger partial charge in [0.15, 0.2) is 10.8 Å². The highest BCUT2D eigenvalue weighted by Gasteiger charge is 2.15. The quantitative estimate of drug-likeness (QED) is 0.788. The van der Waals surface area contributed by atoms with Crippen LogP contribution in [0.4, 0.5) is 5.13 Å². The first kappa shape index (κ1) is 14.1. The Balaban J connectivity index is 1.80. The molecule has 1 N–H and O–H groups in total. The first-order valence-corrected chi connectivity index (χ1v) is 8.07. The van der Waals surface area contributed by atoms with Crippen LogP contribution in [-0.4, -0.2) is 20.9 Å². The Labute approximate surface area is 133 Å². The molecule has 0 saturated heterocycles. The van der Waals surface area contributed by atoms with Crippen LogP contribution in [0.1, 0.15) is 16.3 Å². The Morgan fingerprint density at radius 3 is 2.95 bits per heavy atom. The molecule has 0 spiro atoms. The van der Waals surface area contributed by atoms with Gasteiger partial charge in [0, 0.05) is 5.38 Å². The van der Waals surface area contributed by atoms with Gasteiger partial charge in [-0.3, -0.25) is 10.1 Å². The summed E-state index contributed by atoms with van der Waals surface area (Å²) in [6.45, 7) is 1.70. The summed E-state index contributed by atoms with van der Waals surface area (Å²) in [7, 11) is 0. The normalized spacial score (nSPS) is 10.6. The van der Waals surface area contributed by atoms with E-state index >= 15 is 0 Å². The second-order valence-corrected chi connectivity index (χ2v) is 6.30. The molecular formula is C13H9ClN4OS2. The summed E-state index contributed by atoms with van der Waals surface area (Å²) < 4.78 is 0. The number of nitrogens with one attached hydrogen (secondary N) is 1. The monoisotopic (exact) mass is 336 g/mol. The van der Waals surface area contributed by atoms with Crippen molar-refractivity contribution in [3.63, 3.8) is 0 Å². The summed E-state index contributed by atoms with van der Waals surface area (Å²) in [5.74, 6) is 0.0977. The molecule has 0 saturated carbocycles. The number of carbonyl (C=O) groups excluding carboxylic acids is 1. The summed E-state index contributed by atoms with van der Waals surface area (Å²) in [4.78, 5) is 25.6. The maximum absolute atomic E-state index is 12.2. The summed E-state index contributed by atoms with van der Waals surface area (Å²) in [6.07, 6.45) is 1.41. The first-order chi connectivity index (χ1) is 10.1. The smallest absolute Gasteiger partial charge is 0.277 e. The lowest BCUT2D eigenvalue weighted by atomic mass is 10.3. The van der Waals surface area contributed by atoms with Crippen molar-refractivity contribution >= 4 is 45.3 Å². The molecule has 8 heteroatoms. The zero-order chi connectivity index (χ0) is 14.8. The van der Waals surface area contributed by atoms with Gasteiger partial charge in [-0.25, -0.2) is 15.0 Å². The van der Waals surface area contributed by atoms with E-state index in [1.165, 1.54) is 17.5 Å². The van der Waals surface area contributed by atoms with E-state index < -0.39 is 5.91 Å². The maximum atomic E-state index is 12.2. The molecule has 106 valence electrons. The van der Waals surface area contributed by atoms with E-state index in [0.29, 0.717) is 11.0 Å². The number of thiophene rings is 1. The van der Waals surface area contributed by atoms with Gasteiger partial charge in [0.25, 0.3) is 5.91 Å². The number of nitrogens with zero attached hydrogens (tertiary/aromatic N) is 3. The van der Waals surface area contributed by atoms with E-state index in [-0.39, 0.29) is 10.7 Å². The zero-order valence-electron chi connectivity index (χ0n) is 10.8. The Kier molecular flexibility index (Phi) is 3.96. The minimum atomic E-state index is -0.391. The van der Waals surface area contributed by atoms with Crippen LogP contribution in [-0.2, 0) is 0 Å². The standard InChI is InChI=1S/C13H9ClN4OS2/c1-7-15-5-8(14)11(16-7)12(19)18-13-17-9(6-21-13)10-3-2-4-20-10/h2-6H,1H3,(H,17,18,19). The molecule has 3 aromatic heterocycles. The van der Waals surface area contributed by atoms with Crippen LogP contribution in [0, 0.1) is 6.92 Å². The van der Waals surface area contributed by atoms with E-state index in [1.54, 1.807) is 18.3 Å². The van der Waals surface area contributed by atoms with Crippen LogP contribution in [0.5, 0.6) is 0 Å². The molecule has 5 nitrogen and oxygen atoms in total. The average Bonchev–Trinajstić information content (AvgIpc) is 3.11. The maximum Gasteiger partial charge on any atom is 0.277 e. The molecule has 1 amide bonds. The largest absolute Gasteiger partial charge is 0.296 e. The molecule has 0 aromatic carbocycles. The molecule has 3 rings (SSSR count). The summed E-state index contributed by atoms with van der Waals surface area (Å²) >= 11 is 8.90. The fraction of sp³-hybridized carbons (Fsp3) is 0.0769. The van der Waals surface area contributed by atoms with Gasteiger partial charge < -0.3 is 0 Å². The second-order valence-electron chi connectivity index (χ2n) is 4.08. The summed E-state index contributed by atoms with van der Waals surface area (Å²) in [6, 6.07) is 3.94. The fourth-order valence-electron chi connectivity index (χ4n) is 1.64. The van der Waals surface area contributed by atoms with Gasteiger partial charge in [-0.2, -0.15) is 0 Å². The molecule has 0 fully saturated rings. The number of aromatic nitrogens is 3. The highest BCUT2D eigenvalue weighted by Crippen LogP contribution is 2.28. The molecule has 0 aliphatic heterocycles. The zero-order valence-corrected chi connectivity index (χ0v) is 13.2. The Bertz CT molecular complexity index is 785. The molecule has 21 heavy (non-hydrogen) atoms. The van der Waals surface area contributed by atoms with Crippen molar-refractivity contribution in [1.82, 2.24) is 15.0 Å². The van der Waals surface area contributed by atoms with Crippen molar-refractivity contribution < 1.29 is 4.79 Å². The molecule has 0 aliphatic rings. The number of hydrogen-bond acceptors (Lipinski definition) is 6. The van der Waals surface area contributed by atoms with E-state index in [2.05, 4.69) is 20.3 Å². The van der Waals surface area contributed by atoms with Crippen molar-refractivity contribution in [2.45, 2.75) is 6.92 Å². The predicted molar refractivity (Wildman–Crippen MR) is 85.2 cm³/mol. The predicted octanol–water partition coefficient (Wildman–Crippen LogP) is 3.88. The third kappa shape index (κ3) is 3.10. The highest BCUT2D eigenvalue weighted by atomic mass is 35.5. The average molecular weight is 337 g/mol. The highest BCUT2D eigenvalue weighted by molar-refractivity contribution is 7.16. The van der Waals surface area contributed by atoms with E-state index in [0.717, 1.165) is 10.6 Å². The van der Waals surface area contributed by atoms with Crippen molar-refractivity contribution in [1.29, 1.82) is 0 Å². The lowest BCUT2D eigenvalue weighted by Gasteiger charge is -2.03. The van der Waals surface area contributed by atoms with Gasteiger partial charge >= 0.3 is 0 Å². The number of hydrogen-bond donors (Lipinski definition) is 1. The lowest BCUT2D eigenvalue weighted by molar-refractivity contribution is 0.102. The van der Waals surface area contributed by atoms with Crippen molar-refractivity contribution in [2.24, 2.45) is 0 Å². The number of aryl methyl sites for hydroxylation is 1. The number of rotatable bonds is 3. The first-order valence-electron chi connectivity index (χ1n) is 5.93. The Morgan fingerprint density at radius 2 is 2.19 bits per heavy atom. The SMILES string of the molecule is Cc1ncc(Cl)c(C(=O)Nc2nc(-c3cccs3)cs2)n1. The topological polar surface area (TPSA) is 67.8 Å². The molecule has 0 bridgehead atoms. The van der Waals surface area contributed by atoms with Crippen LogP contribution in [0.25, 0.3) is 10.6 Å². The number of halogens is 1. The molecule has 0 atom stereocenters. The number of anilines is 1. The van der Waals surface area contributed by atoms with Gasteiger partial charge in [-0.1, -0.05) is 17.7 Å². The van der Waals surface area contributed by atoms with Gasteiger partial charge in [-0.05, 0) is 18.4 Å². The number of thiazole rings is 1. The number of carbonyl (C=O) groups is 1. The Hall–Kier alpha value is -1.83. The minimum absolute atomic E-state index is 0.150. The molecule has 0 radical (unpaired) electrons.